The van der Waals surface area contributed by atoms with Crippen LogP contribution in [0.15, 0.2) is 23.2 Å². The Labute approximate surface area is 74.7 Å². The van der Waals surface area contributed by atoms with Gasteiger partial charge in [0, 0.05) is 6.42 Å². The van der Waals surface area contributed by atoms with Crippen LogP contribution in [0.3, 0.4) is 0 Å². The van der Waals surface area contributed by atoms with E-state index in [2.05, 4.69) is 4.99 Å². The Morgan fingerprint density at radius 1 is 1.54 bits per heavy atom. The number of nitrogens with two attached hydrogens (primary N) is 1. The normalized spacial score (nSPS) is 13.7. The van der Waals surface area contributed by atoms with Gasteiger partial charge >= 0.3 is 5.97 Å². The van der Waals surface area contributed by atoms with Gasteiger partial charge in [-0.2, -0.15) is 0 Å². The first-order valence-electron chi connectivity index (χ1n) is 3.86. The summed E-state index contributed by atoms with van der Waals surface area (Å²) in [5.74, 6) is -0.402. The monoisotopic (exact) mass is 176 g/mol. The van der Waals surface area contributed by atoms with Gasteiger partial charge in [0.05, 0.1) is 11.3 Å². The predicted octanol–water partition coefficient (Wildman–Crippen LogP) is 0.930. The molecule has 4 nitrogen and oxygen atoms in total. The summed E-state index contributed by atoms with van der Waals surface area (Å²) >= 11 is 0. The lowest BCUT2D eigenvalue weighted by molar-refractivity contribution is 0.0697. The van der Waals surface area contributed by atoms with Gasteiger partial charge in [0.15, 0.2) is 0 Å². The molecule has 1 aromatic carbocycles. The Morgan fingerprint density at radius 3 is 3.00 bits per heavy atom. The van der Waals surface area contributed by atoms with Crippen LogP contribution in [0.2, 0.25) is 0 Å². The second-order valence-electron chi connectivity index (χ2n) is 2.93. The van der Waals surface area contributed by atoms with Crippen molar-refractivity contribution in [1.29, 1.82) is 0 Å². The van der Waals surface area contributed by atoms with E-state index in [4.69, 9.17) is 10.8 Å². The van der Waals surface area contributed by atoms with E-state index >= 15 is 0 Å². The smallest absolute Gasteiger partial charge is 0.335 e. The van der Waals surface area contributed by atoms with Crippen LogP contribution in [0.4, 0.5) is 5.69 Å². The van der Waals surface area contributed by atoms with Crippen LogP contribution >= 0.6 is 0 Å². The van der Waals surface area contributed by atoms with Crippen LogP contribution in [0.1, 0.15) is 15.9 Å². The second-order valence-corrected chi connectivity index (χ2v) is 2.93. The highest BCUT2D eigenvalue weighted by atomic mass is 16.4. The molecule has 0 saturated heterocycles. The topological polar surface area (TPSA) is 75.7 Å². The van der Waals surface area contributed by atoms with Gasteiger partial charge in [-0.15, -0.1) is 0 Å². The summed E-state index contributed by atoms with van der Waals surface area (Å²) in [5.41, 5.74) is 7.43. The number of aliphatic imine (C=N–C) groups is 1. The van der Waals surface area contributed by atoms with Gasteiger partial charge in [-0.25, -0.2) is 9.79 Å². The number of carboxylic acids is 1. The maximum absolute atomic E-state index is 10.6. The minimum atomic E-state index is -0.941. The van der Waals surface area contributed by atoms with Crippen molar-refractivity contribution in [2.45, 2.75) is 6.42 Å². The number of carbonyl (C=O) groups is 1. The van der Waals surface area contributed by atoms with E-state index in [1.165, 1.54) is 6.07 Å². The van der Waals surface area contributed by atoms with Gasteiger partial charge < -0.3 is 10.8 Å². The Hall–Kier alpha value is -1.84. The second kappa shape index (κ2) is 2.58. The average molecular weight is 176 g/mol. The fraction of sp³-hybridized carbons (Fsp3) is 0.111. The largest absolute Gasteiger partial charge is 0.478 e. The number of hydrogen-bond donors (Lipinski definition) is 2. The third kappa shape index (κ3) is 1.26. The van der Waals surface area contributed by atoms with Crippen molar-refractivity contribution in [3.05, 3.63) is 29.3 Å². The highest BCUT2D eigenvalue weighted by Gasteiger charge is 2.13. The summed E-state index contributed by atoms with van der Waals surface area (Å²) in [4.78, 5) is 14.6. The van der Waals surface area contributed by atoms with Gasteiger partial charge in [-0.3, -0.25) is 0 Å². The number of aromatic carboxylic acids is 1. The van der Waals surface area contributed by atoms with Crippen molar-refractivity contribution in [2.75, 3.05) is 0 Å². The molecule has 0 radical (unpaired) electrons. The number of benzene rings is 1. The zero-order valence-corrected chi connectivity index (χ0v) is 6.82. The molecule has 4 heteroatoms. The van der Waals surface area contributed by atoms with Crippen LogP contribution in [0.25, 0.3) is 0 Å². The summed E-state index contributed by atoms with van der Waals surface area (Å²) in [5, 5.41) is 8.70. The first kappa shape index (κ1) is 7.79. The lowest BCUT2D eigenvalue weighted by atomic mass is 10.1. The molecule has 2 rings (SSSR count). The van der Waals surface area contributed by atoms with Crippen LogP contribution in [-0.4, -0.2) is 16.9 Å². The van der Waals surface area contributed by atoms with Crippen molar-refractivity contribution in [1.82, 2.24) is 0 Å². The summed E-state index contributed by atoms with van der Waals surface area (Å²) < 4.78 is 0. The molecule has 3 N–H and O–H groups in total. The van der Waals surface area contributed by atoms with Crippen LogP contribution in [-0.2, 0) is 6.42 Å². The number of nitrogens with zero attached hydrogens (tertiary/aromatic N) is 1. The van der Waals surface area contributed by atoms with E-state index in [0.29, 0.717) is 17.9 Å². The molecule has 1 aromatic rings. The molecule has 0 unspecified atom stereocenters. The molecule has 1 heterocycles. The van der Waals surface area contributed by atoms with E-state index in [0.717, 1.165) is 5.56 Å². The van der Waals surface area contributed by atoms with Crippen molar-refractivity contribution >= 4 is 17.5 Å². The van der Waals surface area contributed by atoms with Crippen molar-refractivity contribution in [3.8, 4) is 0 Å². The molecule has 0 spiro atoms. The molecule has 0 aromatic heterocycles. The van der Waals surface area contributed by atoms with Gasteiger partial charge in [0.1, 0.15) is 5.84 Å². The predicted molar refractivity (Wildman–Crippen MR) is 48.4 cm³/mol. The van der Waals surface area contributed by atoms with Crippen LogP contribution in [0, 0.1) is 0 Å². The summed E-state index contributed by atoms with van der Waals surface area (Å²) in [6.45, 7) is 0. The number of rotatable bonds is 1. The van der Waals surface area contributed by atoms with Gasteiger partial charge in [-0.05, 0) is 17.7 Å². The Morgan fingerprint density at radius 2 is 2.31 bits per heavy atom. The number of fused-ring (bicyclic) bond motifs is 1. The molecule has 66 valence electrons. The van der Waals surface area contributed by atoms with Gasteiger partial charge in [0.2, 0.25) is 0 Å². The number of carboxylic acid groups (broad SMARTS) is 1. The number of hydrogen-bond acceptors (Lipinski definition) is 3. The van der Waals surface area contributed by atoms with Gasteiger partial charge in [0.25, 0.3) is 0 Å². The minimum absolute atomic E-state index is 0.247. The third-order valence-electron chi connectivity index (χ3n) is 1.97. The van der Waals surface area contributed by atoms with E-state index in [-0.39, 0.29) is 5.56 Å². The van der Waals surface area contributed by atoms with Crippen molar-refractivity contribution in [2.24, 2.45) is 10.7 Å². The third-order valence-corrected chi connectivity index (χ3v) is 1.97. The fourth-order valence-corrected chi connectivity index (χ4v) is 1.34. The van der Waals surface area contributed by atoms with Crippen LogP contribution < -0.4 is 5.73 Å². The molecule has 0 atom stereocenters. The minimum Gasteiger partial charge on any atom is -0.478 e. The fourth-order valence-electron chi connectivity index (χ4n) is 1.34. The Bertz CT molecular complexity index is 410. The molecule has 0 saturated carbocycles. The first-order valence-corrected chi connectivity index (χ1v) is 3.86. The first-order chi connectivity index (χ1) is 6.16. The molecule has 0 aliphatic carbocycles. The Balaban J connectivity index is 2.49. The molecule has 1 aliphatic heterocycles. The number of amidine groups is 1. The van der Waals surface area contributed by atoms with E-state index in [9.17, 15) is 4.79 Å². The quantitative estimate of drug-likeness (QED) is 0.668. The molecule has 0 amide bonds. The van der Waals surface area contributed by atoms with Gasteiger partial charge in [-0.1, -0.05) is 6.07 Å². The maximum atomic E-state index is 10.6. The molecule has 0 bridgehead atoms. The molecule has 1 aliphatic rings. The SMILES string of the molecule is NC1=Nc2cc(C(=O)O)ccc2C1. The molecular weight excluding hydrogens is 168 g/mol. The van der Waals surface area contributed by atoms with Crippen molar-refractivity contribution in [3.63, 3.8) is 0 Å². The Kier molecular flexibility index (Phi) is 1.55. The molecule has 0 fully saturated rings. The maximum Gasteiger partial charge on any atom is 0.335 e. The molecule has 13 heavy (non-hydrogen) atoms. The highest BCUT2D eigenvalue weighted by molar-refractivity contribution is 5.94. The van der Waals surface area contributed by atoms with E-state index in [1.54, 1.807) is 12.1 Å². The van der Waals surface area contributed by atoms with Crippen molar-refractivity contribution < 1.29 is 9.90 Å². The van der Waals surface area contributed by atoms with E-state index < -0.39 is 5.97 Å². The van der Waals surface area contributed by atoms with Crippen LogP contribution in [0.5, 0.6) is 0 Å². The summed E-state index contributed by atoms with van der Waals surface area (Å²) in [6, 6.07) is 4.86. The summed E-state index contributed by atoms with van der Waals surface area (Å²) in [7, 11) is 0. The lowest BCUT2D eigenvalue weighted by Gasteiger charge is -1.97. The van der Waals surface area contributed by atoms with E-state index in [1.807, 2.05) is 0 Å². The molecular formula is C9H8N2O2. The average Bonchev–Trinajstić information content (AvgIpc) is 2.42. The lowest BCUT2D eigenvalue weighted by Crippen LogP contribution is -2.09. The standard InChI is InChI=1S/C9H8N2O2/c10-8-4-5-1-2-6(9(12)13)3-7(5)11-8/h1-3H,4H2,(H2,10,11)(H,12,13). The summed E-state index contributed by atoms with van der Waals surface area (Å²) in [6.07, 6.45) is 0.620. The zero-order valence-electron chi connectivity index (χ0n) is 6.82. The zero-order chi connectivity index (χ0) is 9.42. The highest BCUT2D eigenvalue weighted by Crippen LogP contribution is 2.26.